The molecular formula is C9H7F3O2Se. The zero-order chi connectivity index (χ0) is 11.5. The first-order chi connectivity index (χ1) is 6.96. The van der Waals surface area contributed by atoms with Crippen molar-refractivity contribution >= 4 is 25.7 Å². The molecule has 0 aliphatic heterocycles. The molecule has 0 aliphatic carbocycles. The van der Waals surface area contributed by atoms with Crippen LogP contribution in [0.3, 0.4) is 0 Å². The first kappa shape index (κ1) is 12.1. The molecule has 0 heterocycles. The van der Waals surface area contributed by atoms with E-state index in [0.717, 1.165) is 10.5 Å². The van der Waals surface area contributed by atoms with Gasteiger partial charge >= 0.3 is 90.1 Å². The predicted octanol–water partition coefficient (Wildman–Crippen LogP) is 1.78. The van der Waals surface area contributed by atoms with Crippen molar-refractivity contribution in [1.82, 2.24) is 0 Å². The molecule has 0 fully saturated rings. The van der Waals surface area contributed by atoms with Crippen molar-refractivity contribution in [2.75, 3.05) is 0 Å². The van der Waals surface area contributed by atoms with Crippen molar-refractivity contribution in [2.45, 2.75) is 12.2 Å². The predicted molar refractivity (Wildman–Crippen MR) is 49.8 cm³/mol. The number of carbonyl (C=O) groups excluding carboxylic acids is 1. The molecule has 1 aromatic rings. The van der Waals surface area contributed by atoms with E-state index >= 15 is 0 Å². The maximum atomic E-state index is 11.9. The fraction of sp³-hybridized carbons (Fsp3) is 0.222. The van der Waals surface area contributed by atoms with E-state index in [1.54, 1.807) is 0 Å². The molecule has 1 aromatic carbocycles. The van der Waals surface area contributed by atoms with Crippen LogP contribution in [0, 0.1) is 0 Å². The molecule has 0 radical (unpaired) electrons. The van der Waals surface area contributed by atoms with Gasteiger partial charge in [0.1, 0.15) is 0 Å². The van der Waals surface area contributed by atoms with E-state index in [9.17, 15) is 18.0 Å². The number of benzene rings is 1. The van der Waals surface area contributed by atoms with Crippen LogP contribution in [0.1, 0.15) is 10.4 Å². The third-order valence-electron chi connectivity index (χ3n) is 1.56. The zero-order valence-electron chi connectivity index (χ0n) is 7.67. The summed E-state index contributed by atoms with van der Waals surface area (Å²) in [5, 5.41) is 0. The summed E-state index contributed by atoms with van der Waals surface area (Å²) >= 11 is 0.0625. The van der Waals surface area contributed by atoms with E-state index < -0.39 is 6.36 Å². The van der Waals surface area contributed by atoms with Gasteiger partial charge in [-0.3, -0.25) is 0 Å². The maximum absolute atomic E-state index is 11.9. The first-order valence-electron chi connectivity index (χ1n) is 3.85. The molecule has 0 aliphatic rings. The van der Waals surface area contributed by atoms with Crippen molar-refractivity contribution in [3.63, 3.8) is 0 Å². The number of hydrogen-bond donors (Lipinski definition) is 0. The second-order valence-corrected chi connectivity index (χ2v) is 4.35. The second kappa shape index (κ2) is 4.68. The number of carbonyl (C=O) groups is 1. The monoisotopic (exact) mass is 284 g/mol. The van der Waals surface area contributed by atoms with Crippen LogP contribution >= 0.6 is 0 Å². The van der Waals surface area contributed by atoms with Crippen molar-refractivity contribution in [3.8, 4) is 5.75 Å². The van der Waals surface area contributed by atoms with Gasteiger partial charge in [0.25, 0.3) is 0 Å². The molecule has 82 valence electrons. The summed E-state index contributed by atoms with van der Waals surface area (Å²) in [5.41, 5.74) is 0.249. The Balaban J connectivity index is 2.98. The van der Waals surface area contributed by atoms with Crippen LogP contribution in [0.25, 0.3) is 0 Å². The van der Waals surface area contributed by atoms with Gasteiger partial charge in [0.15, 0.2) is 0 Å². The fourth-order valence-electron chi connectivity index (χ4n) is 1.00. The molecule has 0 saturated carbocycles. The summed E-state index contributed by atoms with van der Waals surface area (Å²) in [5.74, 6) is 1.51. The van der Waals surface area contributed by atoms with Crippen molar-refractivity contribution in [2.24, 2.45) is 0 Å². The topological polar surface area (TPSA) is 26.3 Å². The van der Waals surface area contributed by atoms with Crippen LogP contribution < -0.4 is 9.20 Å². The fourth-order valence-corrected chi connectivity index (χ4v) is 2.15. The van der Waals surface area contributed by atoms with E-state index in [1.165, 1.54) is 12.1 Å². The summed E-state index contributed by atoms with van der Waals surface area (Å²) in [4.78, 5) is 10.6. The number of alkyl halides is 3. The number of halogens is 3. The Bertz CT molecular complexity index is 363. The van der Waals surface area contributed by atoms with E-state index in [1.807, 2.05) is 5.82 Å². The Labute approximate surface area is 90.6 Å². The van der Waals surface area contributed by atoms with E-state index in [2.05, 4.69) is 4.74 Å². The van der Waals surface area contributed by atoms with Gasteiger partial charge in [0.2, 0.25) is 0 Å². The Morgan fingerprint density at radius 1 is 1.40 bits per heavy atom. The standard InChI is InChI=1S/C9H7F3O2Se/c1-15-8-3-2-7(4-6(8)5-13)14-9(10,11)12/h2-5H,1H3. The Kier molecular flexibility index (Phi) is 3.77. The van der Waals surface area contributed by atoms with Crippen LogP contribution in [0.4, 0.5) is 13.2 Å². The molecule has 0 spiro atoms. The average molecular weight is 283 g/mol. The SMILES string of the molecule is C[Se]c1ccc(OC(F)(F)F)cc1C=O. The molecule has 0 saturated heterocycles. The van der Waals surface area contributed by atoms with Gasteiger partial charge in [-0.1, -0.05) is 0 Å². The van der Waals surface area contributed by atoms with Crippen LogP contribution in [0.15, 0.2) is 18.2 Å². The molecule has 0 amide bonds. The summed E-state index contributed by atoms with van der Waals surface area (Å²) in [6.07, 6.45) is -4.19. The molecule has 0 N–H and O–H groups in total. The number of hydrogen-bond acceptors (Lipinski definition) is 2. The third-order valence-corrected chi connectivity index (χ3v) is 3.26. The van der Waals surface area contributed by atoms with Gasteiger partial charge in [-0.2, -0.15) is 0 Å². The molecule has 2 nitrogen and oxygen atoms in total. The van der Waals surface area contributed by atoms with Gasteiger partial charge in [-0.05, 0) is 0 Å². The molecule has 6 heteroatoms. The van der Waals surface area contributed by atoms with Gasteiger partial charge < -0.3 is 0 Å². The normalized spacial score (nSPS) is 11.2. The molecule has 0 bridgehead atoms. The van der Waals surface area contributed by atoms with Gasteiger partial charge in [-0.25, -0.2) is 0 Å². The molecule has 15 heavy (non-hydrogen) atoms. The van der Waals surface area contributed by atoms with Crippen molar-refractivity contribution in [3.05, 3.63) is 23.8 Å². The molecular weight excluding hydrogens is 276 g/mol. The van der Waals surface area contributed by atoms with Gasteiger partial charge in [0, 0.05) is 0 Å². The van der Waals surface area contributed by atoms with E-state index in [4.69, 9.17) is 0 Å². The van der Waals surface area contributed by atoms with Crippen molar-refractivity contribution < 1.29 is 22.7 Å². The zero-order valence-corrected chi connectivity index (χ0v) is 9.38. The average Bonchev–Trinajstić information content (AvgIpc) is 2.15. The third kappa shape index (κ3) is 3.57. The summed E-state index contributed by atoms with van der Waals surface area (Å²) in [6.45, 7) is 0. The molecule has 0 atom stereocenters. The number of ether oxygens (including phenoxy) is 1. The van der Waals surface area contributed by atoms with E-state index in [0.29, 0.717) is 6.29 Å². The van der Waals surface area contributed by atoms with Crippen LogP contribution in [0.2, 0.25) is 5.82 Å². The summed E-state index contributed by atoms with van der Waals surface area (Å²) in [7, 11) is 0. The second-order valence-electron chi connectivity index (χ2n) is 2.57. The van der Waals surface area contributed by atoms with Crippen LogP contribution in [0.5, 0.6) is 5.75 Å². The number of aldehydes is 1. The van der Waals surface area contributed by atoms with Crippen LogP contribution in [-0.4, -0.2) is 27.6 Å². The Morgan fingerprint density at radius 2 is 2.07 bits per heavy atom. The minimum atomic E-state index is -4.72. The first-order valence-corrected chi connectivity index (χ1v) is 6.42. The molecule has 0 aromatic heterocycles. The van der Waals surface area contributed by atoms with E-state index in [-0.39, 0.29) is 26.3 Å². The molecule has 0 unspecified atom stereocenters. The summed E-state index contributed by atoms with van der Waals surface area (Å²) in [6, 6.07) is 3.78. The van der Waals surface area contributed by atoms with Gasteiger partial charge in [0.05, 0.1) is 0 Å². The Morgan fingerprint density at radius 3 is 2.53 bits per heavy atom. The molecule has 1 rings (SSSR count). The Hall–Kier alpha value is -1.00. The van der Waals surface area contributed by atoms with Gasteiger partial charge in [-0.15, -0.1) is 0 Å². The van der Waals surface area contributed by atoms with Crippen molar-refractivity contribution in [1.29, 1.82) is 0 Å². The quantitative estimate of drug-likeness (QED) is 0.624. The summed E-state index contributed by atoms with van der Waals surface area (Å²) < 4.78 is 40.0. The number of rotatable bonds is 3. The minimum absolute atomic E-state index is 0.0625. The van der Waals surface area contributed by atoms with Crippen LogP contribution in [-0.2, 0) is 0 Å².